The maximum atomic E-state index is 12.7. The van der Waals surface area contributed by atoms with Crippen molar-refractivity contribution in [3.8, 4) is 0 Å². The molecular weight excluding hydrogens is 374 g/mol. The number of hydrogen-bond acceptors (Lipinski definition) is 7. The van der Waals surface area contributed by atoms with E-state index in [-0.39, 0.29) is 17.2 Å². The van der Waals surface area contributed by atoms with Crippen LogP contribution in [0.25, 0.3) is 22.0 Å². The highest BCUT2D eigenvalue weighted by atomic mass is 32.2. The standard InChI is InChI=1S/C17H15N3O4S2/c1-17(21,15-9-11-5-2-3-7-13(11)24-15)10-18-26(22,23)14-8-4-6-12-16(14)20-25-19-12/h2-9,18,21H,10H2,1H3. The van der Waals surface area contributed by atoms with Gasteiger partial charge in [-0.2, -0.15) is 8.75 Å². The summed E-state index contributed by atoms with van der Waals surface area (Å²) in [6.45, 7) is 1.25. The summed E-state index contributed by atoms with van der Waals surface area (Å²) >= 11 is 0.949. The summed E-state index contributed by atoms with van der Waals surface area (Å²) in [6.07, 6.45) is 0. The van der Waals surface area contributed by atoms with Crippen molar-refractivity contribution in [1.82, 2.24) is 13.5 Å². The van der Waals surface area contributed by atoms with Crippen LogP contribution in [0.1, 0.15) is 12.7 Å². The van der Waals surface area contributed by atoms with Gasteiger partial charge in [0.1, 0.15) is 32.9 Å². The molecular formula is C17H15N3O4S2. The van der Waals surface area contributed by atoms with E-state index in [1.54, 1.807) is 24.3 Å². The number of furan rings is 1. The summed E-state index contributed by atoms with van der Waals surface area (Å²) in [7, 11) is -3.88. The molecule has 134 valence electrons. The molecule has 1 atom stereocenters. The predicted molar refractivity (Wildman–Crippen MR) is 98.4 cm³/mol. The van der Waals surface area contributed by atoms with Crippen molar-refractivity contribution in [2.24, 2.45) is 0 Å². The molecule has 0 radical (unpaired) electrons. The lowest BCUT2D eigenvalue weighted by molar-refractivity contribution is 0.0412. The molecule has 4 rings (SSSR count). The Morgan fingerprint density at radius 3 is 2.81 bits per heavy atom. The molecule has 2 aromatic carbocycles. The third-order valence-electron chi connectivity index (χ3n) is 4.10. The number of aromatic nitrogens is 2. The third-order valence-corrected chi connectivity index (χ3v) is 6.08. The third kappa shape index (κ3) is 2.99. The van der Waals surface area contributed by atoms with Crippen LogP contribution in [0.3, 0.4) is 0 Å². The van der Waals surface area contributed by atoms with Gasteiger partial charge in [-0.3, -0.25) is 0 Å². The monoisotopic (exact) mass is 389 g/mol. The van der Waals surface area contributed by atoms with E-state index in [1.807, 2.05) is 18.2 Å². The highest BCUT2D eigenvalue weighted by molar-refractivity contribution is 7.89. The lowest BCUT2D eigenvalue weighted by Crippen LogP contribution is -2.38. The van der Waals surface area contributed by atoms with Gasteiger partial charge in [0, 0.05) is 11.9 Å². The molecule has 0 saturated heterocycles. The van der Waals surface area contributed by atoms with Crippen LogP contribution in [-0.4, -0.2) is 28.8 Å². The second kappa shape index (κ2) is 6.13. The minimum absolute atomic E-state index is 0.0316. The van der Waals surface area contributed by atoms with Crippen LogP contribution in [-0.2, 0) is 15.6 Å². The fraction of sp³-hybridized carbons (Fsp3) is 0.176. The number of hydrogen-bond donors (Lipinski definition) is 2. The maximum Gasteiger partial charge on any atom is 0.242 e. The molecule has 0 aliphatic carbocycles. The average molecular weight is 389 g/mol. The summed E-state index contributed by atoms with van der Waals surface area (Å²) in [6, 6.07) is 13.8. The van der Waals surface area contributed by atoms with Crippen LogP contribution in [0, 0.1) is 0 Å². The molecule has 0 spiro atoms. The van der Waals surface area contributed by atoms with Crippen molar-refractivity contribution >= 4 is 43.8 Å². The van der Waals surface area contributed by atoms with Gasteiger partial charge in [0.25, 0.3) is 0 Å². The van der Waals surface area contributed by atoms with Crippen LogP contribution >= 0.6 is 11.7 Å². The number of nitrogens with one attached hydrogen (secondary N) is 1. The van der Waals surface area contributed by atoms with Crippen LogP contribution in [0.4, 0.5) is 0 Å². The highest BCUT2D eigenvalue weighted by Gasteiger charge is 2.30. The maximum absolute atomic E-state index is 12.7. The van der Waals surface area contributed by atoms with Gasteiger partial charge in [0.2, 0.25) is 10.0 Å². The molecule has 7 nitrogen and oxygen atoms in total. The average Bonchev–Trinajstić information content (AvgIpc) is 3.26. The lowest BCUT2D eigenvalue weighted by atomic mass is 10.0. The fourth-order valence-electron chi connectivity index (χ4n) is 2.65. The summed E-state index contributed by atoms with van der Waals surface area (Å²) in [5.41, 5.74) is -0.0559. The zero-order valence-electron chi connectivity index (χ0n) is 13.7. The van der Waals surface area contributed by atoms with Gasteiger partial charge < -0.3 is 9.52 Å². The van der Waals surface area contributed by atoms with Crippen LogP contribution in [0.5, 0.6) is 0 Å². The molecule has 0 aliphatic rings. The number of para-hydroxylation sites is 1. The molecule has 0 amide bonds. The Balaban J connectivity index is 1.61. The second-order valence-electron chi connectivity index (χ2n) is 6.13. The molecule has 2 N–H and O–H groups in total. The Morgan fingerprint density at radius 2 is 2.00 bits per heavy atom. The Bertz CT molecular complexity index is 1160. The molecule has 0 bridgehead atoms. The Kier molecular flexibility index (Phi) is 4.03. The number of sulfonamides is 1. The van der Waals surface area contributed by atoms with Crippen LogP contribution in [0.15, 0.2) is 57.8 Å². The molecule has 0 aliphatic heterocycles. The van der Waals surface area contributed by atoms with Gasteiger partial charge in [-0.05, 0) is 31.2 Å². The normalized spacial score (nSPS) is 14.7. The first-order chi connectivity index (χ1) is 12.4. The first-order valence-corrected chi connectivity index (χ1v) is 10.0. The van der Waals surface area contributed by atoms with E-state index >= 15 is 0 Å². The first kappa shape index (κ1) is 17.1. The Labute approximate surface area is 153 Å². The van der Waals surface area contributed by atoms with Crippen molar-refractivity contribution < 1.29 is 17.9 Å². The molecule has 9 heteroatoms. The van der Waals surface area contributed by atoms with E-state index in [0.717, 1.165) is 17.1 Å². The summed E-state index contributed by atoms with van der Waals surface area (Å²) < 4.78 is 41.5. The molecule has 0 fully saturated rings. The number of rotatable bonds is 5. The van der Waals surface area contributed by atoms with Crippen molar-refractivity contribution in [1.29, 1.82) is 0 Å². The first-order valence-electron chi connectivity index (χ1n) is 7.79. The van der Waals surface area contributed by atoms with E-state index in [0.29, 0.717) is 16.6 Å². The predicted octanol–water partition coefficient (Wildman–Crippen LogP) is 2.62. The second-order valence-corrected chi connectivity index (χ2v) is 8.40. The van der Waals surface area contributed by atoms with Crippen molar-refractivity contribution in [2.75, 3.05) is 6.54 Å². The van der Waals surface area contributed by atoms with E-state index in [9.17, 15) is 13.5 Å². The van der Waals surface area contributed by atoms with Gasteiger partial charge in [-0.1, -0.05) is 24.3 Å². The number of nitrogens with zero attached hydrogens (tertiary/aromatic N) is 2. The van der Waals surface area contributed by atoms with Crippen LogP contribution < -0.4 is 4.72 Å². The van der Waals surface area contributed by atoms with Gasteiger partial charge in [-0.15, -0.1) is 0 Å². The van der Waals surface area contributed by atoms with Crippen molar-refractivity contribution in [3.05, 3.63) is 54.3 Å². The largest absolute Gasteiger partial charge is 0.458 e. The summed E-state index contributed by atoms with van der Waals surface area (Å²) in [5.74, 6) is 0.287. The van der Waals surface area contributed by atoms with E-state index in [4.69, 9.17) is 4.42 Å². The zero-order chi connectivity index (χ0) is 18.4. The molecule has 26 heavy (non-hydrogen) atoms. The van der Waals surface area contributed by atoms with Crippen molar-refractivity contribution in [2.45, 2.75) is 17.4 Å². The van der Waals surface area contributed by atoms with Gasteiger partial charge in [0.05, 0.1) is 11.7 Å². The van der Waals surface area contributed by atoms with Gasteiger partial charge in [0.15, 0.2) is 0 Å². The topological polar surface area (TPSA) is 105 Å². The van der Waals surface area contributed by atoms with Gasteiger partial charge in [-0.25, -0.2) is 13.1 Å². The molecule has 2 heterocycles. The van der Waals surface area contributed by atoms with Crippen LogP contribution in [0.2, 0.25) is 0 Å². The molecule has 1 unspecified atom stereocenters. The molecule has 0 saturated carbocycles. The Hall–Kier alpha value is -2.33. The number of aliphatic hydroxyl groups is 1. The van der Waals surface area contributed by atoms with Crippen molar-refractivity contribution in [3.63, 3.8) is 0 Å². The minimum atomic E-state index is -3.88. The summed E-state index contributed by atoms with van der Waals surface area (Å²) in [5, 5.41) is 11.6. The lowest BCUT2D eigenvalue weighted by Gasteiger charge is -2.21. The van der Waals surface area contributed by atoms with E-state index in [1.165, 1.54) is 13.0 Å². The summed E-state index contributed by atoms with van der Waals surface area (Å²) in [4.78, 5) is 0.0316. The van der Waals surface area contributed by atoms with Gasteiger partial charge >= 0.3 is 0 Å². The SMILES string of the molecule is CC(O)(CNS(=O)(=O)c1cccc2nsnc12)c1cc2ccccc2o1. The van der Waals surface area contributed by atoms with E-state index < -0.39 is 15.6 Å². The minimum Gasteiger partial charge on any atom is -0.458 e. The quantitative estimate of drug-likeness (QED) is 0.544. The molecule has 2 aromatic heterocycles. The molecule has 4 aromatic rings. The van der Waals surface area contributed by atoms with E-state index in [2.05, 4.69) is 13.5 Å². The number of benzene rings is 2. The highest BCUT2D eigenvalue weighted by Crippen LogP contribution is 2.28. The smallest absolute Gasteiger partial charge is 0.242 e. The number of fused-ring (bicyclic) bond motifs is 2. The Morgan fingerprint density at radius 1 is 1.19 bits per heavy atom. The fourth-order valence-corrected chi connectivity index (χ4v) is 4.54. The zero-order valence-corrected chi connectivity index (χ0v) is 15.3.